The van der Waals surface area contributed by atoms with Crippen molar-refractivity contribution in [3.63, 3.8) is 0 Å². The van der Waals surface area contributed by atoms with Crippen LogP contribution in [-0.4, -0.2) is 31.5 Å². The number of nitrogens with zero attached hydrogens (tertiary/aromatic N) is 3. The summed E-state index contributed by atoms with van der Waals surface area (Å²) in [6.07, 6.45) is 0. The van der Waals surface area contributed by atoms with Gasteiger partial charge >= 0.3 is 0 Å². The lowest BCUT2D eigenvalue weighted by molar-refractivity contribution is 0.102. The van der Waals surface area contributed by atoms with E-state index in [1.807, 2.05) is 18.2 Å². The molecule has 4 aromatic rings. The highest BCUT2D eigenvalue weighted by atomic mass is 79.9. The van der Waals surface area contributed by atoms with Gasteiger partial charge in [-0.2, -0.15) is 5.21 Å². The van der Waals surface area contributed by atoms with Crippen LogP contribution in [0.25, 0.3) is 22.3 Å². The SMILES string of the molecule is O=C(Nc1ccc(Br)cc1-c1nn[nH]n1)c1cc2ccc(Cl)cc2[nH]1. The maximum Gasteiger partial charge on any atom is 0.272 e. The smallest absolute Gasteiger partial charge is 0.272 e. The Kier molecular flexibility index (Phi) is 3.98. The maximum absolute atomic E-state index is 12.6. The number of hydrogen-bond donors (Lipinski definition) is 3. The summed E-state index contributed by atoms with van der Waals surface area (Å²) < 4.78 is 0.838. The first-order valence-corrected chi connectivity index (χ1v) is 8.40. The van der Waals surface area contributed by atoms with Crippen LogP contribution in [0.15, 0.2) is 46.9 Å². The molecule has 3 N–H and O–H groups in total. The van der Waals surface area contributed by atoms with Crippen LogP contribution in [-0.2, 0) is 0 Å². The zero-order chi connectivity index (χ0) is 17.4. The van der Waals surface area contributed by atoms with Gasteiger partial charge in [0.05, 0.1) is 5.69 Å². The lowest BCUT2D eigenvalue weighted by Crippen LogP contribution is -2.13. The molecule has 0 aliphatic rings. The van der Waals surface area contributed by atoms with Crippen molar-refractivity contribution in [1.82, 2.24) is 25.6 Å². The molecule has 7 nitrogen and oxygen atoms in total. The molecule has 25 heavy (non-hydrogen) atoms. The summed E-state index contributed by atoms with van der Waals surface area (Å²) >= 11 is 9.39. The van der Waals surface area contributed by atoms with Gasteiger partial charge in [0.1, 0.15) is 5.69 Å². The van der Waals surface area contributed by atoms with Gasteiger partial charge in [-0.25, -0.2) is 0 Å². The molecule has 0 saturated carbocycles. The molecule has 2 aromatic carbocycles. The quantitative estimate of drug-likeness (QED) is 0.469. The standard InChI is InChI=1S/C16H10BrClN6O/c17-9-2-4-12(11(6-9)15-21-23-24-22-15)20-16(25)14-5-8-1-3-10(18)7-13(8)19-14/h1-7,19H,(H,20,25)(H,21,22,23,24). The Labute approximate surface area is 154 Å². The molecule has 2 heterocycles. The molecular weight excluding hydrogens is 408 g/mol. The number of hydrogen-bond acceptors (Lipinski definition) is 4. The molecule has 0 saturated heterocycles. The Hall–Kier alpha value is -2.71. The number of aromatic nitrogens is 5. The highest BCUT2D eigenvalue weighted by Gasteiger charge is 2.15. The summed E-state index contributed by atoms with van der Waals surface area (Å²) in [6.45, 7) is 0. The van der Waals surface area contributed by atoms with E-state index >= 15 is 0 Å². The topological polar surface area (TPSA) is 99.3 Å². The Balaban J connectivity index is 1.68. The second kappa shape index (κ2) is 6.30. The van der Waals surface area contributed by atoms with Crippen LogP contribution in [0.4, 0.5) is 5.69 Å². The molecule has 0 aliphatic carbocycles. The molecule has 0 atom stereocenters. The molecule has 0 fully saturated rings. The van der Waals surface area contributed by atoms with E-state index in [0.717, 1.165) is 15.4 Å². The zero-order valence-corrected chi connectivity index (χ0v) is 14.9. The number of nitrogens with one attached hydrogen (secondary N) is 3. The van der Waals surface area contributed by atoms with Gasteiger partial charge in [-0.05, 0) is 41.6 Å². The van der Waals surface area contributed by atoms with E-state index in [1.165, 1.54) is 0 Å². The van der Waals surface area contributed by atoms with E-state index in [1.54, 1.807) is 24.3 Å². The fourth-order valence-corrected chi connectivity index (χ4v) is 3.03. The number of halogens is 2. The fraction of sp³-hybridized carbons (Fsp3) is 0. The van der Waals surface area contributed by atoms with Gasteiger partial charge in [0.25, 0.3) is 5.91 Å². The van der Waals surface area contributed by atoms with Crippen molar-refractivity contribution in [2.24, 2.45) is 0 Å². The van der Waals surface area contributed by atoms with Crippen LogP contribution < -0.4 is 5.32 Å². The second-order valence-corrected chi connectivity index (χ2v) is 6.65. The first kappa shape index (κ1) is 15.8. The molecule has 0 unspecified atom stereocenters. The predicted octanol–water partition coefficient (Wildman–Crippen LogP) is 4.02. The number of carbonyl (C=O) groups excluding carboxylic acids is 1. The van der Waals surface area contributed by atoms with Gasteiger partial charge in [-0.15, -0.1) is 10.2 Å². The Morgan fingerprint density at radius 2 is 2.04 bits per heavy atom. The van der Waals surface area contributed by atoms with Crippen molar-refractivity contribution >= 4 is 50.0 Å². The monoisotopic (exact) mass is 416 g/mol. The van der Waals surface area contributed by atoms with Crippen LogP contribution in [0.5, 0.6) is 0 Å². The van der Waals surface area contributed by atoms with Gasteiger partial charge < -0.3 is 10.3 Å². The van der Waals surface area contributed by atoms with Crippen molar-refractivity contribution in [3.05, 3.63) is 57.7 Å². The third kappa shape index (κ3) is 3.13. The first-order chi connectivity index (χ1) is 12.1. The molecule has 0 spiro atoms. The van der Waals surface area contributed by atoms with Crippen LogP contribution in [0, 0.1) is 0 Å². The molecule has 1 amide bonds. The molecule has 0 radical (unpaired) electrons. The molecule has 0 bridgehead atoms. The molecule has 2 aromatic heterocycles. The maximum atomic E-state index is 12.6. The average Bonchev–Trinajstić information content (AvgIpc) is 3.25. The van der Waals surface area contributed by atoms with Crippen molar-refractivity contribution in [3.8, 4) is 11.4 Å². The molecule has 124 valence electrons. The van der Waals surface area contributed by atoms with Gasteiger partial charge in [0, 0.05) is 26.0 Å². The first-order valence-electron chi connectivity index (χ1n) is 7.23. The van der Waals surface area contributed by atoms with E-state index in [9.17, 15) is 4.79 Å². The normalized spacial score (nSPS) is 11.0. The lowest BCUT2D eigenvalue weighted by Gasteiger charge is -2.08. The Bertz CT molecular complexity index is 1080. The van der Waals surface area contributed by atoms with Crippen molar-refractivity contribution in [2.75, 3.05) is 5.32 Å². The van der Waals surface area contributed by atoms with Gasteiger partial charge in [0.2, 0.25) is 5.82 Å². The van der Waals surface area contributed by atoms with E-state index < -0.39 is 0 Å². The summed E-state index contributed by atoms with van der Waals surface area (Å²) in [5, 5.41) is 18.3. The molecular formula is C16H10BrClN6O. The fourth-order valence-electron chi connectivity index (χ4n) is 2.50. The minimum Gasteiger partial charge on any atom is -0.350 e. The molecule has 0 aliphatic heterocycles. The molecule has 9 heteroatoms. The third-order valence-corrected chi connectivity index (χ3v) is 4.37. The molecule has 4 rings (SSSR count). The lowest BCUT2D eigenvalue weighted by atomic mass is 10.1. The van der Waals surface area contributed by atoms with Crippen molar-refractivity contribution < 1.29 is 4.79 Å². The van der Waals surface area contributed by atoms with Crippen LogP contribution in [0.1, 0.15) is 10.5 Å². The largest absolute Gasteiger partial charge is 0.350 e. The zero-order valence-electron chi connectivity index (χ0n) is 12.5. The highest BCUT2D eigenvalue weighted by Crippen LogP contribution is 2.29. The number of benzene rings is 2. The van der Waals surface area contributed by atoms with Gasteiger partial charge in [0.15, 0.2) is 0 Å². The number of anilines is 1. The minimum absolute atomic E-state index is 0.278. The predicted molar refractivity (Wildman–Crippen MR) is 98.6 cm³/mol. The number of carbonyl (C=O) groups is 1. The van der Waals surface area contributed by atoms with E-state index in [2.05, 4.69) is 46.9 Å². The number of rotatable bonds is 3. The number of amides is 1. The van der Waals surface area contributed by atoms with E-state index in [4.69, 9.17) is 11.6 Å². The number of H-pyrrole nitrogens is 2. The van der Waals surface area contributed by atoms with E-state index in [-0.39, 0.29) is 5.91 Å². The van der Waals surface area contributed by atoms with Crippen LogP contribution in [0.2, 0.25) is 5.02 Å². The summed E-state index contributed by atoms with van der Waals surface area (Å²) in [4.78, 5) is 15.7. The average molecular weight is 418 g/mol. The second-order valence-electron chi connectivity index (χ2n) is 5.29. The summed E-state index contributed by atoms with van der Waals surface area (Å²) in [6, 6.07) is 12.6. The number of aromatic amines is 2. The summed E-state index contributed by atoms with van der Waals surface area (Å²) in [5.41, 5.74) is 2.45. The minimum atomic E-state index is -0.278. The third-order valence-electron chi connectivity index (χ3n) is 3.65. The summed E-state index contributed by atoms with van der Waals surface area (Å²) in [7, 11) is 0. The van der Waals surface area contributed by atoms with Crippen molar-refractivity contribution in [2.45, 2.75) is 0 Å². The van der Waals surface area contributed by atoms with Gasteiger partial charge in [-0.1, -0.05) is 33.6 Å². The highest BCUT2D eigenvalue weighted by molar-refractivity contribution is 9.10. The van der Waals surface area contributed by atoms with E-state index in [0.29, 0.717) is 27.8 Å². The number of tetrazole rings is 1. The van der Waals surface area contributed by atoms with Crippen LogP contribution in [0.3, 0.4) is 0 Å². The van der Waals surface area contributed by atoms with Crippen LogP contribution >= 0.6 is 27.5 Å². The van der Waals surface area contributed by atoms with Crippen molar-refractivity contribution in [1.29, 1.82) is 0 Å². The van der Waals surface area contributed by atoms with Gasteiger partial charge in [-0.3, -0.25) is 4.79 Å². The Morgan fingerprint density at radius 3 is 2.84 bits per heavy atom. The summed E-state index contributed by atoms with van der Waals surface area (Å²) in [5.74, 6) is 0.111. The number of fused-ring (bicyclic) bond motifs is 1. The Morgan fingerprint density at radius 1 is 1.16 bits per heavy atom.